The second kappa shape index (κ2) is 9.64. The maximum atomic E-state index is 13.9. The number of benzene rings is 2. The molecule has 0 aliphatic carbocycles. The van der Waals surface area contributed by atoms with E-state index >= 15 is 0 Å². The lowest BCUT2D eigenvalue weighted by Crippen LogP contribution is -2.38. The first kappa shape index (κ1) is 25.8. The summed E-state index contributed by atoms with van der Waals surface area (Å²) in [7, 11) is 1.21. The number of hydrogen-bond acceptors (Lipinski definition) is 5. The van der Waals surface area contributed by atoms with Crippen LogP contribution in [0, 0.1) is 5.82 Å². The van der Waals surface area contributed by atoms with Gasteiger partial charge in [-0.15, -0.1) is 0 Å². The fraction of sp³-hybridized carbons (Fsp3) is 0.231. The molecule has 0 saturated heterocycles. The molecule has 4 rings (SSSR count). The number of carboxylic acids is 1. The van der Waals surface area contributed by atoms with E-state index in [1.165, 1.54) is 54.2 Å². The minimum Gasteiger partial charge on any atom is -0.481 e. The van der Waals surface area contributed by atoms with Crippen LogP contribution in [-0.4, -0.2) is 38.8 Å². The molecule has 0 unspecified atom stereocenters. The predicted molar refractivity (Wildman–Crippen MR) is 124 cm³/mol. The number of hydrogen-bond donors (Lipinski definition) is 1. The van der Waals surface area contributed by atoms with E-state index in [4.69, 9.17) is 4.74 Å². The fourth-order valence-electron chi connectivity index (χ4n) is 4.34. The first-order chi connectivity index (χ1) is 17.4. The molecule has 7 nitrogen and oxygen atoms in total. The number of aliphatic carboxylic acids is 1. The van der Waals surface area contributed by atoms with E-state index in [1.807, 2.05) is 0 Å². The van der Waals surface area contributed by atoms with Gasteiger partial charge in [0.15, 0.2) is 5.65 Å². The highest BCUT2D eigenvalue weighted by Gasteiger charge is 2.40. The van der Waals surface area contributed by atoms with Crippen molar-refractivity contribution in [3.63, 3.8) is 0 Å². The van der Waals surface area contributed by atoms with Gasteiger partial charge < -0.3 is 9.84 Å². The lowest BCUT2D eigenvalue weighted by Gasteiger charge is -2.27. The summed E-state index contributed by atoms with van der Waals surface area (Å²) in [5, 5.41) is 13.9. The van der Waals surface area contributed by atoms with Crippen LogP contribution in [0.15, 0.2) is 60.8 Å². The molecule has 0 amide bonds. The Balaban J connectivity index is 1.94. The number of aromatic nitrogens is 3. The summed E-state index contributed by atoms with van der Waals surface area (Å²) < 4.78 is 59.5. The van der Waals surface area contributed by atoms with Gasteiger partial charge in [0.25, 0.3) is 0 Å². The molecule has 2 aromatic carbocycles. The molecule has 2 heterocycles. The molecule has 0 aliphatic rings. The number of fused-ring (bicyclic) bond motifs is 1. The topological polar surface area (TPSA) is 93.8 Å². The highest BCUT2D eigenvalue weighted by Crippen LogP contribution is 2.36. The number of methoxy groups -OCH3 is 1. The lowest BCUT2D eigenvalue weighted by molar-refractivity contribution is -0.147. The van der Waals surface area contributed by atoms with E-state index in [9.17, 15) is 32.3 Å². The summed E-state index contributed by atoms with van der Waals surface area (Å²) in [4.78, 5) is 29.0. The summed E-state index contributed by atoms with van der Waals surface area (Å²) >= 11 is 0. The lowest BCUT2D eigenvalue weighted by atomic mass is 9.80. The van der Waals surface area contributed by atoms with E-state index < -0.39 is 41.3 Å². The Morgan fingerprint density at radius 2 is 1.78 bits per heavy atom. The van der Waals surface area contributed by atoms with Crippen molar-refractivity contribution in [3.8, 4) is 11.1 Å². The van der Waals surface area contributed by atoms with Gasteiger partial charge in [0, 0.05) is 6.20 Å². The first-order valence-corrected chi connectivity index (χ1v) is 11.0. The average molecular weight is 515 g/mol. The number of carbonyl (C=O) groups is 2. The van der Waals surface area contributed by atoms with Gasteiger partial charge in [0.1, 0.15) is 11.2 Å². The Hall–Kier alpha value is -4.28. The van der Waals surface area contributed by atoms with Crippen molar-refractivity contribution >= 4 is 17.6 Å². The standard InChI is InChI=1S/C26H21F4N3O4/c1-25(24(36)37-2,14-15-4-3-5-18(27)12-15)20-10-11-31-23-22(19(13-21(34)35)32-33(20)23)16-6-8-17(9-7-16)26(28,29)30/h3-12H,13-14H2,1-2H3,(H,34,35)/t25-/m1/s1. The minimum absolute atomic E-state index is 0.0142. The van der Waals surface area contributed by atoms with Gasteiger partial charge in [-0.2, -0.15) is 18.3 Å². The van der Waals surface area contributed by atoms with E-state index in [1.54, 1.807) is 13.0 Å². The number of rotatable bonds is 7. The van der Waals surface area contributed by atoms with Crippen molar-refractivity contribution < 1.29 is 37.0 Å². The highest BCUT2D eigenvalue weighted by atomic mass is 19.4. The van der Waals surface area contributed by atoms with Crippen molar-refractivity contribution in [2.45, 2.75) is 31.4 Å². The molecule has 1 N–H and O–H groups in total. The normalized spacial score (nSPS) is 13.4. The van der Waals surface area contributed by atoms with Gasteiger partial charge in [-0.05, 0) is 54.8 Å². The summed E-state index contributed by atoms with van der Waals surface area (Å²) in [6, 6.07) is 11.4. The van der Waals surface area contributed by atoms with Crippen molar-refractivity contribution in [1.82, 2.24) is 14.6 Å². The van der Waals surface area contributed by atoms with Crippen LogP contribution in [0.2, 0.25) is 0 Å². The van der Waals surface area contributed by atoms with Gasteiger partial charge in [-0.1, -0.05) is 24.3 Å². The Labute approximate surface area is 208 Å². The molecule has 0 saturated carbocycles. The number of carbonyl (C=O) groups excluding carboxylic acids is 1. The van der Waals surface area contributed by atoms with Gasteiger partial charge in [0.05, 0.1) is 36.0 Å². The quantitative estimate of drug-likeness (QED) is 0.279. The molecule has 0 fully saturated rings. The number of nitrogens with zero attached hydrogens (tertiary/aromatic N) is 3. The number of halogens is 4. The monoisotopic (exact) mass is 515 g/mol. The predicted octanol–water partition coefficient (Wildman–Crippen LogP) is 4.85. The molecule has 11 heteroatoms. The van der Waals surface area contributed by atoms with E-state index in [0.717, 1.165) is 12.1 Å². The molecule has 4 aromatic rings. The van der Waals surface area contributed by atoms with Crippen molar-refractivity contribution in [3.05, 3.63) is 89.1 Å². The third-order valence-electron chi connectivity index (χ3n) is 6.06. The summed E-state index contributed by atoms with van der Waals surface area (Å²) in [5.41, 5.74) is -0.822. The Bertz CT molecular complexity index is 1480. The van der Waals surface area contributed by atoms with Crippen molar-refractivity contribution in [2.75, 3.05) is 7.11 Å². The molecule has 0 aliphatic heterocycles. The Morgan fingerprint density at radius 1 is 1.08 bits per heavy atom. The van der Waals surface area contributed by atoms with Crippen LogP contribution in [0.3, 0.4) is 0 Å². The van der Waals surface area contributed by atoms with Crippen molar-refractivity contribution in [1.29, 1.82) is 0 Å². The smallest absolute Gasteiger partial charge is 0.416 e. The van der Waals surface area contributed by atoms with Gasteiger partial charge in [-0.3, -0.25) is 9.59 Å². The van der Waals surface area contributed by atoms with Crippen LogP contribution < -0.4 is 0 Å². The zero-order valence-corrected chi connectivity index (χ0v) is 19.7. The van der Waals surface area contributed by atoms with E-state index in [2.05, 4.69) is 10.1 Å². The summed E-state index contributed by atoms with van der Waals surface area (Å²) in [6.07, 6.45) is -3.69. The molecule has 0 radical (unpaired) electrons. The van der Waals surface area contributed by atoms with Crippen LogP contribution in [-0.2, 0) is 38.8 Å². The average Bonchev–Trinajstić information content (AvgIpc) is 3.20. The van der Waals surface area contributed by atoms with Crippen LogP contribution in [0.1, 0.15) is 29.4 Å². The van der Waals surface area contributed by atoms with Gasteiger partial charge >= 0.3 is 18.1 Å². The largest absolute Gasteiger partial charge is 0.481 e. The second-order valence-electron chi connectivity index (χ2n) is 8.66. The second-order valence-corrected chi connectivity index (χ2v) is 8.66. The summed E-state index contributed by atoms with van der Waals surface area (Å²) in [5.74, 6) is -2.36. The summed E-state index contributed by atoms with van der Waals surface area (Å²) in [6.45, 7) is 1.58. The molecule has 2 aromatic heterocycles. The van der Waals surface area contributed by atoms with Crippen LogP contribution in [0.25, 0.3) is 16.8 Å². The molecule has 192 valence electrons. The maximum absolute atomic E-state index is 13.9. The van der Waals surface area contributed by atoms with Crippen LogP contribution in [0.5, 0.6) is 0 Å². The van der Waals surface area contributed by atoms with Crippen LogP contribution >= 0.6 is 0 Å². The number of ether oxygens (including phenoxy) is 1. The Kier molecular flexibility index (Phi) is 6.72. The number of carboxylic acid groups (broad SMARTS) is 1. The molecule has 0 bridgehead atoms. The molecule has 37 heavy (non-hydrogen) atoms. The van der Waals surface area contributed by atoms with Crippen LogP contribution in [0.4, 0.5) is 17.6 Å². The highest BCUT2D eigenvalue weighted by molar-refractivity contribution is 5.86. The zero-order chi connectivity index (χ0) is 27.0. The fourth-order valence-corrected chi connectivity index (χ4v) is 4.34. The third-order valence-corrected chi connectivity index (χ3v) is 6.06. The van der Waals surface area contributed by atoms with Crippen molar-refractivity contribution in [2.24, 2.45) is 0 Å². The number of alkyl halides is 3. The van der Waals surface area contributed by atoms with E-state index in [-0.39, 0.29) is 34.6 Å². The molecule has 0 spiro atoms. The molecular formula is C26H21F4N3O4. The van der Waals surface area contributed by atoms with E-state index in [0.29, 0.717) is 5.56 Å². The van der Waals surface area contributed by atoms with Gasteiger partial charge in [-0.25, -0.2) is 13.9 Å². The molecule has 1 atom stereocenters. The SMILES string of the molecule is COC(=O)[C@](C)(Cc1cccc(F)c1)c1ccnc2c(-c3ccc(C(F)(F)F)cc3)c(CC(=O)O)nn12. The zero-order valence-electron chi connectivity index (χ0n) is 19.7. The van der Waals surface area contributed by atoms with Gasteiger partial charge in [0.2, 0.25) is 0 Å². The maximum Gasteiger partial charge on any atom is 0.416 e. The molecular weight excluding hydrogens is 494 g/mol. The Morgan fingerprint density at radius 3 is 2.38 bits per heavy atom. The number of esters is 1. The third kappa shape index (κ3) is 5.02. The minimum atomic E-state index is -4.55. The first-order valence-electron chi connectivity index (χ1n) is 11.0.